The van der Waals surface area contributed by atoms with Crippen molar-refractivity contribution in [2.24, 2.45) is 23.7 Å². The molecule has 0 saturated heterocycles. The summed E-state index contributed by atoms with van der Waals surface area (Å²) in [7, 11) is 0. The smallest absolute Gasteiger partial charge is 0.307 e. The Kier molecular flexibility index (Phi) is 3.73. The fourth-order valence-electron chi connectivity index (χ4n) is 3.50. The van der Waals surface area contributed by atoms with Crippen molar-refractivity contribution in [3.8, 4) is 0 Å². The molecule has 1 heterocycles. The summed E-state index contributed by atoms with van der Waals surface area (Å²) in [6.07, 6.45) is 9.12. The van der Waals surface area contributed by atoms with Crippen LogP contribution in [0, 0.1) is 23.7 Å². The number of carboxylic acids is 1. The third-order valence-corrected chi connectivity index (χ3v) is 4.53. The zero-order valence-corrected chi connectivity index (χ0v) is 11.6. The zero-order chi connectivity index (χ0) is 14.8. The number of hydrogen-bond acceptors (Lipinski definition) is 3. The Hall–Kier alpha value is -2.17. The van der Waals surface area contributed by atoms with Gasteiger partial charge in [0.05, 0.1) is 11.8 Å². The van der Waals surface area contributed by atoms with Crippen LogP contribution in [0.1, 0.15) is 18.4 Å². The van der Waals surface area contributed by atoms with Crippen molar-refractivity contribution in [1.82, 2.24) is 10.3 Å². The van der Waals surface area contributed by atoms with Crippen LogP contribution >= 0.6 is 0 Å². The van der Waals surface area contributed by atoms with E-state index in [-0.39, 0.29) is 17.7 Å². The number of allylic oxidation sites excluding steroid dienone is 2. The monoisotopic (exact) mass is 286 g/mol. The lowest BCUT2D eigenvalue weighted by atomic mass is 9.62. The first kappa shape index (κ1) is 13.8. The van der Waals surface area contributed by atoms with Gasteiger partial charge in [0.15, 0.2) is 0 Å². The maximum atomic E-state index is 12.4. The van der Waals surface area contributed by atoms with E-state index < -0.39 is 17.8 Å². The maximum Gasteiger partial charge on any atom is 0.307 e. The minimum absolute atomic E-state index is 0.0124. The van der Waals surface area contributed by atoms with E-state index >= 15 is 0 Å². The Labute approximate surface area is 123 Å². The van der Waals surface area contributed by atoms with Crippen molar-refractivity contribution in [3.63, 3.8) is 0 Å². The molecule has 4 atom stereocenters. The highest BCUT2D eigenvalue weighted by Gasteiger charge is 2.47. The molecule has 2 bridgehead atoms. The second kappa shape index (κ2) is 5.68. The molecular formula is C16H18N2O3. The van der Waals surface area contributed by atoms with Crippen molar-refractivity contribution in [2.45, 2.75) is 19.4 Å². The first-order valence-corrected chi connectivity index (χ1v) is 7.24. The number of carbonyl (C=O) groups excluding carboxylic acids is 1. The zero-order valence-electron chi connectivity index (χ0n) is 11.6. The number of carboxylic acid groups (broad SMARTS) is 1. The number of aliphatic carboxylic acids is 1. The number of rotatable bonds is 4. The Balaban J connectivity index is 1.71. The second-order valence-electron chi connectivity index (χ2n) is 5.76. The van der Waals surface area contributed by atoms with Crippen molar-refractivity contribution in [1.29, 1.82) is 0 Å². The number of carbonyl (C=O) groups is 2. The van der Waals surface area contributed by atoms with Gasteiger partial charge in [-0.25, -0.2) is 0 Å². The molecule has 1 fully saturated rings. The van der Waals surface area contributed by atoms with Crippen molar-refractivity contribution in [3.05, 3.63) is 42.2 Å². The molecule has 1 aromatic heterocycles. The molecule has 3 aliphatic rings. The summed E-state index contributed by atoms with van der Waals surface area (Å²) in [5, 5.41) is 12.3. The third kappa shape index (κ3) is 2.68. The minimum Gasteiger partial charge on any atom is -0.481 e. The molecule has 0 spiro atoms. The number of pyridine rings is 1. The molecule has 21 heavy (non-hydrogen) atoms. The lowest BCUT2D eigenvalue weighted by Crippen LogP contribution is -2.48. The molecule has 0 aromatic carbocycles. The van der Waals surface area contributed by atoms with Gasteiger partial charge in [0.25, 0.3) is 0 Å². The van der Waals surface area contributed by atoms with Crippen LogP contribution in [0.5, 0.6) is 0 Å². The highest BCUT2D eigenvalue weighted by molar-refractivity contribution is 5.86. The fourth-order valence-corrected chi connectivity index (χ4v) is 3.50. The molecule has 5 heteroatoms. The number of nitrogens with one attached hydrogen (secondary N) is 1. The Morgan fingerprint density at radius 2 is 1.95 bits per heavy atom. The molecule has 4 rings (SSSR count). The van der Waals surface area contributed by atoms with Crippen LogP contribution in [-0.4, -0.2) is 22.0 Å². The fraction of sp³-hybridized carbons (Fsp3) is 0.438. The molecule has 1 saturated carbocycles. The van der Waals surface area contributed by atoms with Gasteiger partial charge < -0.3 is 10.4 Å². The van der Waals surface area contributed by atoms with Crippen LogP contribution in [0.15, 0.2) is 36.7 Å². The van der Waals surface area contributed by atoms with Gasteiger partial charge in [0.2, 0.25) is 5.91 Å². The van der Waals surface area contributed by atoms with E-state index in [0.717, 1.165) is 18.4 Å². The average molecular weight is 286 g/mol. The number of fused-ring (bicyclic) bond motifs is 2. The number of nitrogens with zero attached hydrogens (tertiary/aromatic N) is 1. The van der Waals surface area contributed by atoms with Gasteiger partial charge in [0, 0.05) is 18.9 Å². The third-order valence-electron chi connectivity index (χ3n) is 4.53. The summed E-state index contributed by atoms with van der Waals surface area (Å²) in [5.74, 6) is -2.04. The molecule has 1 amide bonds. The van der Waals surface area contributed by atoms with Crippen LogP contribution in [-0.2, 0) is 16.1 Å². The van der Waals surface area contributed by atoms with Gasteiger partial charge in [0.1, 0.15) is 0 Å². The number of aromatic nitrogens is 1. The van der Waals surface area contributed by atoms with E-state index in [2.05, 4.69) is 10.3 Å². The average Bonchev–Trinajstić information content (AvgIpc) is 2.53. The summed E-state index contributed by atoms with van der Waals surface area (Å²) in [6.45, 7) is 0.386. The first-order valence-electron chi connectivity index (χ1n) is 7.24. The van der Waals surface area contributed by atoms with Crippen molar-refractivity contribution < 1.29 is 14.7 Å². The molecule has 0 unspecified atom stereocenters. The second-order valence-corrected chi connectivity index (χ2v) is 5.76. The Bertz CT molecular complexity index is 570. The molecule has 0 radical (unpaired) electrons. The van der Waals surface area contributed by atoms with Crippen LogP contribution in [0.25, 0.3) is 0 Å². The summed E-state index contributed by atoms with van der Waals surface area (Å²) in [4.78, 5) is 28.0. The standard InChI is InChI=1S/C16H18N2O3/c19-15(18-9-10-2-1-7-17-8-10)13-11-3-5-12(6-4-11)14(13)16(20)21/h1-3,5,7-8,11-14H,4,6,9H2,(H,18,19)(H,20,21)/t11-,12-,13+,14+/m0/s1. The van der Waals surface area contributed by atoms with Crippen LogP contribution < -0.4 is 5.32 Å². The van der Waals surface area contributed by atoms with E-state index in [1.54, 1.807) is 12.4 Å². The first-order chi connectivity index (χ1) is 10.2. The van der Waals surface area contributed by atoms with Gasteiger partial charge >= 0.3 is 5.97 Å². The van der Waals surface area contributed by atoms with E-state index in [1.165, 1.54) is 0 Å². The van der Waals surface area contributed by atoms with Gasteiger partial charge in [-0.3, -0.25) is 14.6 Å². The predicted octanol–water partition coefficient (Wildman–Crippen LogP) is 1.61. The maximum absolute atomic E-state index is 12.4. The van der Waals surface area contributed by atoms with Crippen LogP contribution in [0.4, 0.5) is 0 Å². The number of hydrogen-bond donors (Lipinski definition) is 2. The Morgan fingerprint density at radius 3 is 2.52 bits per heavy atom. The molecule has 110 valence electrons. The van der Waals surface area contributed by atoms with Gasteiger partial charge in [-0.2, -0.15) is 0 Å². The SMILES string of the molecule is O=C(O)[C@H]1[C@H](C(=O)NCc2cccnc2)[C@H]2C=C[C@H]1CC2. The predicted molar refractivity (Wildman–Crippen MR) is 76.1 cm³/mol. The summed E-state index contributed by atoms with van der Waals surface area (Å²) in [6, 6.07) is 3.70. The molecule has 1 aromatic rings. The number of amides is 1. The van der Waals surface area contributed by atoms with E-state index in [1.807, 2.05) is 24.3 Å². The molecule has 2 N–H and O–H groups in total. The van der Waals surface area contributed by atoms with Gasteiger partial charge in [-0.15, -0.1) is 0 Å². The lowest BCUT2D eigenvalue weighted by Gasteiger charge is -2.41. The minimum atomic E-state index is -0.865. The highest BCUT2D eigenvalue weighted by atomic mass is 16.4. The van der Waals surface area contributed by atoms with E-state index in [4.69, 9.17) is 0 Å². The summed E-state index contributed by atoms with van der Waals surface area (Å²) < 4.78 is 0. The van der Waals surface area contributed by atoms with Crippen LogP contribution in [0.3, 0.4) is 0 Å². The van der Waals surface area contributed by atoms with Gasteiger partial charge in [-0.1, -0.05) is 18.2 Å². The highest BCUT2D eigenvalue weighted by Crippen LogP contribution is 2.45. The van der Waals surface area contributed by atoms with Crippen molar-refractivity contribution in [2.75, 3.05) is 0 Å². The van der Waals surface area contributed by atoms with E-state index in [9.17, 15) is 14.7 Å². The molecule has 3 aliphatic carbocycles. The van der Waals surface area contributed by atoms with E-state index in [0.29, 0.717) is 6.54 Å². The molecular weight excluding hydrogens is 268 g/mol. The molecule has 0 aliphatic heterocycles. The normalized spacial score (nSPS) is 30.1. The lowest BCUT2D eigenvalue weighted by molar-refractivity contribution is -0.153. The largest absolute Gasteiger partial charge is 0.481 e. The van der Waals surface area contributed by atoms with Crippen molar-refractivity contribution >= 4 is 11.9 Å². The molecule has 5 nitrogen and oxygen atoms in total. The van der Waals surface area contributed by atoms with Crippen LogP contribution in [0.2, 0.25) is 0 Å². The summed E-state index contributed by atoms with van der Waals surface area (Å²) >= 11 is 0. The van der Waals surface area contributed by atoms with Gasteiger partial charge in [-0.05, 0) is 36.3 Å². The summed E-state index contributed by atoms with van der Waals surface area (Å²) in [5.41, 5.74) is 0.911. The quantitative estimate of drug-likeness (QED) is 0.824. The topological polar surface area (TPSA) is 79.3 Å². The Morgan fingerprint density at radius 1 is 1.24 bits per heavy atom.